The van der Waals surface area contributed by atoms with E-state index in [0.717, 1.165) is 32.6 Å². The number of hydrogen-bond donors (Lipinski definition) is 1. The molecular weight excluding hydrogens is 444 g/mol. The Morgan fingerprint density at radius 1 is 0.733 bits per heavy atom. The van der Waals surface area contributed by atoms with Crippen LogP contribution in [0.25, 0.3) is 33.9 Å². The zero-order valence-corrected chi connectivity index (χ0v) is 18.5. The van der Waals surface area contributed by atoms with Gasteiger partial charge in [0.05, 0.1) is 38.3 Å². The number of imidazole rings is 1. The summed E-state index contributed by atoms with van der Waals surface area (Å²) in [4.78, 5) is 8.44. The van der Waals surface area contributed by atoms with Crippen molar-refractivity contribution in [1.29, 1.82) is 0 Å². The van der Waals surface area contributed by atoms with Crippen LogP contribution >= 0.6 is 15.9 Å². The number of halogens is 1. The molecule has 1 heterocycles. The third kappa shape index (κ3) is 3.66. The van der Waals surface area contributed by atoms with E-state index >= 15 is 0 Å². The van der Waals surface area contributed by atoms with E-state index < -0.39 is 0 Å². The Labute approximate surface area is 183 Å². The van der Waals surface area contributed by atoms with Crippen molar-refractivity contribution in [3.8, 4) is 51.2 Å². The van der Waals surface area contributed by atoms with E-state index in [9.17, 15) is 0 Å². The Hall–Kier alpha value is -3.25. The van der Waals surface area contributed by atoms with Gasteiger partial charge in [-0.15, -0.1) is 0 Å². The maximum Gasteiger partial charge on any atom is 0.204 e. The smallest absolute Gasteiger partial charge is 0.204 e. The topological polar surface area (TPSA) is 56.4 Å². The van der Waals surface area contributed by atoms with E-state index in [0.29, 0.717) is 23.1 Å². The molecule has 0 aliphatic rings. The summed E-state index contributed by atoms with van der Waals surface area (Å²) in [5.74, 6) is 2.37. The van der Waals surface area contributed by atoms with Crippen molar-refractivity contribution in [1.82, 2.24) is 9.97 Å². The number of nitrogens with zero attached hydrogens (tertiary/aromatic N) is 1. The summed E-state index contributed by atoms with van der Waals surface area (Å²) in [6.07, 6.45) is 0. The number of ether oxygens (including phenoxy) is 3. The molecule has 152 valence electrons. The summed E-state index contributed by atoms with van der Waals surface area (Å²) in [6.45, 7) is 0. The van der Waals surface area contributed by atoms with Gasteiger partial charge in [0, 0.05) is 15.6 Å². The highest BCUT2D eigenvalue weighted by molar-refractivity contribution is 9.10. The van der Waals surface area contributed by atoms with E-state index in [2.05, 4.69) is 33.0 Å². The van der Waals surface area contributed by atoms with Gasteiger partial charge in [-0.1, -0.05) is 58.4 Å². The first-order chi connectivity index (χ1) is 14.7. The molecule has 0 aliphatic heterocycles. The lowest BCUT2D eigenvalue weighted by molar-refractivity contribution is 0.325. The van der Waals surface area contributed by atoms with Gasteiger partial charge < -0.3 is 19.2 Å². The molecule has 0 unspecified atom stereocenters. The normalized spacial score (nSPS) is 10.7. The molecule has 0 radical (unpaired) electrons. The van der Waals surface area contributed by atoms with E-state index in [1.165, 1.54) is 0 Å². The molecular formula is C24H21BrN2O3. The number of nitrogens with one attached hydrogen (secondary N) is 1. The minimum atomic E-state index is 0.528. The molecule has 0 atom stereocenters. The minimum absolute atomic E-state index is 0.528. The van der Waals surface area contributed by atoms with Crippen molar-refractivity contribution in [3.63, 3.8) is 0 Å². The molecule has 6 heteroatoms. The van der Waals surface area contributed by atoms with Crippen LogP contribution in [0.5, 0.6) is 17.2 Å². The predicted octanol–water partition coefficient (Wildman–Crippen LogP) is 6.20. The Bertz CT molecular complexity index is 1160. The van der Waals surface area contributed by atoms with Crippen LogP contribution in [0.3, 0.4) is 0 Å². The summed E-state index contributed by atoms with van der Waals surface area (Å²) in [7, 11) is 4.80. The number of benzene rings is 3. The maximum atomic E-state index is 5.67. The van der Waals surface area contributed by atoms with Gasteiger partial charge in [0.15, 0.2) is 11.5 Å². The van der Waals surface area contributed by atoms with Crippen LogP contribution in [-0.2, 0) is 0 Å². The molecule has 3 aromatic carbocycles. The molecule has 0 bridgehead atoms. The third-order valence-corrected chi connectivity index (χ3v) is 5.37. The van der Waals surface area contributed by atoms with E-state index in [1.807, 2.05) is 54.6 Å². The number of aromatic nitrogens is 2. The summed E-state index contributed by atoms with van der Waals surface area (Å²) in [5.41, 5.74) is 4.65. The second kappa shape index (κ2) is 8.63. The molecule has 1 aromatic heterocycles. The zero-order valence-electron chi connectivity index (χ0n) is 16.9. The molecule has 0 saturated heterocycles. The maximum absolute atomic E-state index is 5.67. The molecule has 1 N–H and O–H groups in total. The number of rotatable bonds is 6. The first-order valence-electron chi connectivity index (χ1n) is 9.37. The Balaban J connectivity index is 1.94. The summed E-state index contributed by atoms with van der Waals surface area (Å²) < 4.78 is 17.6. The number of aromatic amines is 1. The number of hydrogen-bond acceptors (Lipinski definition) is 4. The standard InChI is InChI=1S/C24H21BrN2O3/c1-28-19-14-13-18(22(29-2)23(19)30-3)24-26-20(15-7-5-4-6-8-15)21(27-24)16-9-11-17(25)12-10-16/h4-14H,1-3H3,(H,26,27). The highest BCUT2D eigenvalue weighted by Crippen LogP contribution is 2.44. The Kier molecular flexibility index (Phi) is 5.77. The van der Waals surface area contributed by atoms with Gasteiger partial charge in [0.1, 0.15) is 5.82 Å². The van der Waals surface area contributed by atoms with Crippen molar-refractivity contribution < 1.29 is 14.2 Å². The van der Waals surface area contributed by atoms with Crippen molar-refractivity contribution in [3.05, 3.63) is 71.2 Å². The minimum Gasteiger partial charge on any atom is -0.493 e. The first kappa shape index (κ1) is 20.0. The fourth-order valence-electron chi connectivity index (χ4n) is 3.42. The monoisotopic (exact) mass is 464 g/mol. The molecule has 0 saturated carbocycles. The quantitative estimate of drug-likeness (QED) is 0.369. The van der Waals surface area contributed by atoms with Crippen LogP contribution in [0, 0.1) is 0 Å². The second-order valence-corrected chi connectivity index (χ2v) is 7.48. The SMILES string of the molecule is COc1ccc(-c2nc(-c3ccccc3)c(-c3ccc(Br)cc3)[nH]2)c(OC)c1OC. The highest BCUT2D eigenvalue weighted by Gasteiger charge is 2.21. The van der Waals surface area contributed by atoms with E-state index in [4.69, 9.17) is 19.2 Å². The van der Waals surface area contributed by atoms with Gasteiger partial charge in [0.25, 0.3) is 0 Å². The van der Waals surface area contributed by atoms with Crippen molar-refractivity contribution >= 4 is 15.9 Å². The lowest BCUT2D eigenvalue weighted by Crippen LogP contribution is -1.97. The van der Waals surface area contributed by atoms with Gasteiger partial charge in [-0.25, -0.2) is 4.98 Å². The predicted molar refractivity (Wildman–Crippen MR) is 122 cm³/mol. The Morgan fingerprint density at radius 2 is 1.43 bits per heavy atom. The molecule has 0 aliphatic carbocycles. The Morgan fingerprint density at radius 3 is 2.07 bits per heavy atom. The van der Waals surface area contributed by atoms with E-state index in [-0.39, 0.29) is 0 Å². The van der Waals surface area contributed by atoms with Crippen LogP contribution in [0.15, 0.2) is 71.2 Å². The van der Waals surface area contributed by atoms with Gasteiger partial charge in [0.2, 0.25) is 5.75 Å². The first-order valence-corrected chi connectivity index (χ1v) is 10.2. The molecule has 4 rings (SSSR count). The van der Waals surface area contributed by atoms with Crippen LogP contribution < -0.4 is 14.2 Å². The molecule has 30 heavy (non-hydrogen) atoms. The molecule has 5 nitrogen and oxygen atoms in total. The third-order valence-electron chi connectivity index (χ3n) is 4.84. The van der Waals surface area contributed by atoms with Crippen molar-refractivity contribution in [2.45, 2.75) is 0 Å². The molecule has 4 aromatic rings. The van der Waals surface area contributed by atoms with Crippen LogP contribution in [0.2, 0.25) is 0 Å². The van der Waals surface area contributed by atoms with Gasteiger partial charge in [-0.2, -0.15) is 0 Å². The fourth-order valence-corrected chi connectivity index (χ4v) is 3.68. The zero-order chi connectivity index (χ0) is 21.1. The summed E-state index contributed by atoms with van der Waals surface area (Å²) in [5, 5.41) is 0. The molecule has 0 fully saturated rings. The molecule has 0 amide bonds. The average Bonchev–Trinajstić information content (AvgIpc) is 3.24. The summed E-state index contributed by atoms with van der Waals surface area (Å²) in [6, 6.07) is 22.0. The second-order valence-electron chi connectivity index (χ2n) is 6.56. The largest absolute Gasteiger partial charge is 0.493 e. The lowest BCUT2D eigenvalue weighted by atomic mass is 10.1. The van der Waals surface area contributed by atoms with Crippen molar-refractivity contribution in [2.75, 3.05) is 21.3 Å². The number of methoxy groups -OCH3 is 3. The van der Waals surface area contributed by atoms with Crippen LogP contribution in [-0.4, -0.2) is 31.3 Å². The summed E-state index contributed by atoms with van der Waals surface area (Å²) >= 11 is 3.50. The lowest BCUT2D eigenvalue weighted by Gasteiger charge is -2.14. The van der Waals surface area contributed by atoms with Gasteiger partial charge in [-0.3, -0.25) is 0 Å². The highest BCUT2D eigenvalue weighted by atomic mass is 79.9. The van der Waals surface area contributed by atoms with Gasteiger partial charge >= 0.3 is 0 Å². The van der Waals surface area contributed by atoms with Crippen LogP contribution in [0.4, 0.5) is 0 Å². The van der Waals surface area contributed by atoms with Crippen LogP contribution in [0.1, 0.15) is 0 Å². The van der Waals surface area contributed by atoms with E-state index in [1.54, 1.807) is 21.3 Å². The number of H-pyrrole nitrogens is 1. The molecule has 0 spiro atoms. The fraction of sp³-hybridized carbons (Fsp3) is 0.125. The average molecular weight is 465 g/mol. The van der Waals surface area contributed by atoms with Gasteiger partial charge in [-0.05, 0) is 24.3 Å². The van der Waals surface area contributed by atoms with Crippen molar-refractivity contribution in [2.24, 2.45) is 0 Å².